The molecule has 0 radical (unpaired) electrons. The number of aromatic amines is 1. The molecule has 0 saturated carbocycles. The standard InChI is InChI=1S/C21H16N4O3S2/c1-13-4-6-16(7-5-13)30-17-10-14(9-15(11-17)25(27)28)22-21(26)19-12-18(23-24-19)20-3-2-8-29-20/h2-12H,1H3,(H,22,26)(H,23,24). The number of nitro groups is 1. The summed E-state index contributed by atoms with van der Waals surface area (Å²) in [5.41, 5.74) is 2.32. The molecule has 4 aromatic rings. The van der Waals surface area contributed by atoms with Crippen molar-refractivity contribution in [2.24, 2.45) is 0 Å². The lowest BCUT2D eigenvalue weighted by atomic mass is 10.2. The van der Waals surface area contributed by atoms with Crippen LogP contribution in [-0.2, 0) is 0 Å². The summed E-state index contributed by atoms with van der Waals surface area (Å²) in [7, 11) is 0. The van der Waals surface area contributed by atoms with Crippen molar-refractivity contribution in [3.05, 3.63) is 87.4 Å². The number of carbonyl (C=O) groups excluding carboxylic acids is 1. The van der Waals surface area contributed by atoms with Gasteiger partial charge in [0.05, 0.1) is 15.5 Å². The Morgan fingerprint density at radius 2 is 1.93 bits per heavy atom. The third kappa shape index (κ3) is 4.58. The van der Waals surface area contributed by atoms with Crippen molar-refractivity contribution in [1.82, 2.24) is 10.2 Å². The third-order valence-corrected chi connectivity index (χ3v) is 6.10. The molecule has 0 aliphatic carbocycles. The summed E-state index contributed by atoms with van der Waals surface area (Å²) in [6.07, 6.45) is 0. The second-order valence-corrected chi connectivity index (χ2v) is 8.58. The minimum Gasteiger partial charge on any atom is -0.320 e. The molecule has 0 unspecified atom stereocenters. The van der Waals surface area contributed by atoms with Crippen LogP contribution in [0.25, 0.3) is 10.6 Å². The lowest BCUT2D eigenvalue weighted by Crippen LogP contribution is -2.12. The molecule has 0 bridgehead atoms. The van der Waals surface area contributed by atoms with Crippen LogP contribution in [0.4, 0.5) is 11.4 Å². The van der Waals surface area contributed by atoms with E-state index in [1.165, 1.54) is 35.2 Å². The number of hydrogen-bond acceptors (Lipinski definition) is 6. The summed E-state index contributed by atoms with van der Waals surface area (Å²) in [4.78, 5) is 26.1. The molecule has 2 aromatic carbocycles. The molecular formula is C21H16N4O3S2. The Labute approximate surface area is 180 Å². The first-order valence-corrected chi connectivity index (χ1v) is 10.6. The number of aryl methyl sites for hydroxylation is 1. The van der Waals surface area contributed by atoms with E-state index in [1.807, 2.05) is 48.7 Å². The van der Waals surface area contributed by atoms with Gasteiger partial charge < -0.3 is 5.32 Å². The number of H-pyrrole nitrogens is 1. The summed E-state index contributed by atoms with van der Waals surface area (Å²) in [5, 5.41) is 22.9. The topological polar surface area (TPSA) is 101 Å². The van der Waals surface area contributed by atoms with Crippen molar-refractivity contribution in [3.63, 3.8) is 0 Å². The highest BCUT2D eigenvalue weighted by atomic mass is 32.2. The van der Waals surface area contributed by atoms with Gasteiger partial charge in [0.25, 0.3) is 11.6 Å². The fourth-order valence-corrected chi connectivity index (χ4v) is 4.36. The Bertz CT molecular complexity index is 1200. The second kappa shape index (κ2) is 8.52. The summed E-state index contributed by atoms with van der Waals surface area (Å²) < 4.78 is 0. The minimum atomic E-state index is -0.474. The highest BCUT2D eigenvalue weighted by Crippen LogP contribution is 2.33. The predicted octanol–water partition coefficient (Wildman–Crippen LogP) is 5.76. The molecule has 7 nitrogen and oxygen atoms in total. The van der Waals surface area contributed by atoms with E-state index in [1.54, 1.807) is 12.1 Å². The van der Waals surface area contributed by atoms with E-state index < -0.39 is 10.8 Å². The van der Waals surface area contributed by atoms with Gasteiger partial charge >= 0.3 is 0 Å². The molecule has 9 heteroatoms. The molecule has 1 amide bonds. The molecule has 30 heavy (non-hydrogen) atoms. The Morgan fingerprint density at radius 1 is 1.13 bits per heavy atom. The molecule has 0 aliphatic heterocycles. The van der Waals surface area contributed by atoms with E-state index in [4.69, 9.17) is 0 Å². The largest absolute Gasteiger partial charge is 0.320 e. The lowest BCUT2D eigenvalue weighted by Gasteiger charge is -2.07. The Balaban J connectivity index is 1.57. The van der Waals surface area contributed by atoms with Gasteiger partial charge in [0.15, 0.2) is 5.69 Å². The van der Waals surface area contributed by atoms with Crippen molar-refractivity contribution in [1.29, 1.82) is 0 Å². The fourth-order valence-electron chi connectivity index (χ4n) is 2.75. The molecule has 2 N–H and O–H groups in total. The van der Waals surface area contributed by atoms with Gasteiger partial charge in [-0.3, -0.25) is 20.0 Å². The van der Waals surface area contributed by atoms with Gasteiger partial charge in [-0.25, -0.2) is 0 Å². The Hall–Kier alpha value is -3.43. The molecule has 2 aromatic heterocycles. The van der Waals surface area contributed by atoms with Crippen LogP contribution in [0.3, 0.4) is 0 Å². The summed E-state index contributed by atoms with van der Waals surface area (Å²) in [6.45, 7) is 1.99. The van der Waals surface area contributed by atoms with Gasteiger partial charge in [-0.1, -0.05) is 35.5 Å². The average Bonchev–Trinajstić information content (AvgIpc) is 3.41. The van der Waals surface area contributed by atoms with Gasteiger partial charge in [-0.2, -0.15) is 5.10 Å². The normalized spacial score (nSPS) is 10.7. The number of amides is 1. The van der Waals surface area contributed by atoms with Crippen LogP contribution in [0, 0.1) is 17.0 Å². The zero-order valence-corrected chi connectivity index (χ0v) is 17.4. The first-order valence-electron chi connectivity index (χ1n) is 8.92. The van der Waals surface area contributed by atoms with Gasteiger partial charge in [0, 0.05) is 27.6 Å². The number of non-ortho nitro benzene ring substituents is 1. The van der Waals surface area contributed by atoms with Gasteiger partial charge in [0.2, 0.25) is 0 Å². The van der Waals surface area contributed by atoms with Crippen LogP contribution in [0.5, 0.6) is 0 Å². The number of hydrogen-bond donors (Lipinski definition) is 2. The molecule has 0 saturated heterocycles. The molecule has 0 atom stereocenters. The zero-order chi connectivity index (χ0) is 21.1. The summed E-state index contributed by atoms with van der Waals surface area (Å²) in [6, 6.07) is 17.9. The van der Waals surface area contributed by atoms with Crippen LogP contribution >= 0.6 is 23.1 Å². The van der Waals surface area contributed by atoms with E-state index in [9.17, 15) is 14.9 Å². The van der Waals surface area contributed by atoms with E-state index >= 15 is 0 Å². The number of carbonyl (C=O) groups is 1. The Kier molecular flexibility index (Phi) is 5.64. The lowest BCUT2D eigenvalue weighted by molar-refractivity contribution is -0.385. The first kappa shape index (κ1) is 19.9. The monoisotopic (exact) mass is 436 g/mol. The number of nitrogens with one attached hydrogen (secondary N) is 2. The maximum absolute atomic E-state index is 12.6. The number of benzene rings is 2. The van der Waals surface area contributed by atoms with Crippen LogP contribution in [0.1, 0.15) is 16.1 Å². The van der Waals surface area contributed by atoms with Crippen LogP contribution in [-0.4, -0.2) is 21.0 Å². The van der Waals surface area contributed by atoms with Gasteiger partial charge in [-0.05, 0) is 42.6 Å². The fraction of sp³-hybridized carbons (Fsp3) is 0.0476. The Morgan fingerprint density at radius 3 is 2.63 bits per heavy atom. The van der Waals surface area contributed by atoms with Crippen LogP contribution in [0.15, 0.2) is 75.8 Å². The molecule has 0 aliphatic rings. The van der Waals surface area contributed by atoms with Gasteiger partial charge in [-0.15, -0.1) is 11.3 Å². The van der Waals surface area contributed by atoms with E-state index in [0.717, 1.165) is 21.0 Å². The SMILES string of the molecule is Cc1ccc(Sc2cc(NC(=O)c3cc(-c4cccs4)[nH]n3)cc([N+](=O)[O-])c2)cc1. The number of rotatable bonds is 6. The number of thiophene rings is 1. The van der Waals surface area contributed by atoms with Gasteiger partial charge in [0.1, 0.15) is 0 Å². The molecule has 0 fully saturated rings. The zero-order valence-electron chi connectivity index (χ0n) is 15.8. The number of aromatic nitrogens is 2. The van der Waals surface area contributed by atoms with Crippen molar-refractivity contribution in [2.75, 3.05) is 5.32 Å². The van der Waals surface area contributed by atoms with Crippen molar-refractivity contribution < 1.29 is 9.72 Å². The highest BCUT2D eigenvalue weighted by molar-refractivity contribution is 7.99. The number of nitrogens with zero attached hydrogens (tertiary/aromatic N) is 2. The number of nitro benzene ring substituents is 1. The van der Waals surface area contributed by atoms with Crippen molar-refractivity contribution >= 4 is 40.4 Å². The quantitative estimate of drug-likeness (QED) is 0.296. The molecule has 2 heterocycles. The smallest absolute Gasteiger partial charge is 0.276 e. The summed E-state index contributed by atoms with van der Waals surface area (Å²) >= 11 is 2.92. The third-order valence-electron chi connectivity index (χ3n) is 4.21. The van der Waals surface area contributed by atoms with E-state index in [-0.39, 0.29) is 11.4 Å². The molecule has 0 spiro atoms. The highest BCUT2D eigenvalue weighted by Gasteiger charge is 2.16. The van der Waals surface area contributed by atoms with E-state index in [2.05, 4.69) is 15.5 Å². The maximum atomic E-state index is 12.6. The first-order chi connectivity index (χ1) is 14.5. The van der Waals surface area contributed by atoms with E-state index in [0.29, 0.717) is 10.6 Å². The van der Waals surface area contributed by atoms with Crippen molar-refractivity contribution in [3.8, 4) is 10.6 Å². The molecule has 150 valence electrons. The molecular weight excluding hydrogens is 420 g/mol. The molecule has 4 rings (SSSR count). The maximum Gasteiger partial charge on any atom is 0.276 e. The van der Waals surface area contributed by atoms with Crippen LogP contribution < -0.4 is 5.32 Å². The summed E-state index contributed by atoms with van der Waals surface area (Å²) in [5.74, 6) is -0.444. The van der Waals surface area contributed by atoms with Crippen molar-refractivity contribution in [2.45, 2.75) is 16.7 Å². The second-order valence-electron chi connectivity index (χ2n) is 6.49. The predicted molar refractivity (Wildman–Crippen MR) is 118 cm³/mol. The minimum absolute atomic E-state index is 0.0938. The van der Waals surface area contributed by atoms with Crippen LogP contribution in [0.2, 0.25) is 0 Å². The average molecular weight is 437 g/mol. The number of anilines is 1.